The van der Waals surface area contributed by atoms with Crippen molar-refractivity contribution in [2.75, 3.05) is 6.61 Å². The Morgan fingerprint density at radius 1 is 1.25 bits per heavy atom. The standard InChI is InChI=1S/C7H12O5/c1-3-5(9)7(11)6(10)4(2-8)12-3/h4-11H,1-2H2/t4-,5-,6-,7+/m1/s1. The van der Waals surface area contributed by atoms with Crippen LogP contribution in [0.3, 0.4) is 0 Å². The first-order valence-electron chi connectivity index (χ1n) is 3.58. The molecule has 4 N–H and O–H groups in total. The van der Waals surface area contributed by atoms with Gasteiger partial charge in [0.05, 0.1) is 6.61 Å². The first-order valence-corrected chi connectivity index (χ1v) is 3.58. The fraction of sp³-hybridized carbons (Fsp3) is 0.714. The predicted molar refractivity (Wildman–Crippen MR) is 39.1 cm³/mol. The Labute approximate surface area is 69.5 Å². The molecule has 0 aromatic rings. The van der Waals surface area contributed by atoms with E-state index in [0.29, 0.717) is 0 Å². The van der Waals surface area contributed by atoms with E-state index in [1.807, 2.05) is 0 Å². The molecular formula is C7H12O5. The van der Waals surface area contributed by atoms with Crippen molar-refractivity contribution in [2.24, 2.45) is 0 Å². The average Bonchev–Trinajstić information content (AvgIpc) is 2.08. The van der Waals surface area contributed by atoms with Crippen LogP contribution >= 0.6 is 0 Å². The number of aliphatic hydroxyl groups is 4. The van der Waals surface area contributed by atoms with Gasteiger partial charge in [-0.15, -0.1) is 0 Å². The lowest BCUT2D eigenvalue weighted by atomic mass is 9.99. The van der Waals surface area contributed by atoms with E-state index in [4.69, 9.17) is 20.1 Å². The predicted octanol–water partition coefficient (Wildman–Crippen LogP) is -2.03. The molecule has 1 aliphatic heterocycles. The largest absolute Gasteiger partial charge is 0.487 e. The molecule has 5 nitrogen and oxygen atoms in total. The van der Waals surface area contributed by atoms with E-state index in [9.17, 15) is 5.11 Å². The molecule has 1 rings (SSSR count). The van der Waals surface area contributed by atoms with Crippen LogP contribution in [-0.4, -0.2) is 51.4 Å². The van der Waals surface area contributed by atoms with Gasteiger partial charge >= 0.3 is 0 Å². The highest BCUT2D eigenvalue weighted by molar-refractivity contribution is 5.04. The summed E-state index contributed by atoms with van der Waals surface area (Å²) >= 11 is 0. The quantitative estimate of drug-likeness (QED) is 0.370. The average molecular weight is 176 g/mol. The molecule has 1 heterocycles. The van der Waals surface area contributed by atoms with Gasteiger partial charge in [-0.2, -0.15) is 0 Å². The SMILES string of the molecule is C=C1O[C@H](CO)[C@@H](O)[C@@H](O)[C@@H]1O. The van der Waals surface area contributed by atoms with Crippen LogP contribution in [0.15, 0.2) is 12.3 Å². The van der Waals surface area contributed by atoms with Crippen LogP contribution in [0.2, 0.25) is 0 Å². The molecule has 1 fully saturated rings. The molecule has 1 aliphatic rings. The van der Waals surface area contributed by atoms with Crippen LogP contribution in [0.1, 0.15) is 0 Å². The van der Waals surface area contributed by atoms with Crippen molar-refractivity contribution < 1.29 is 25.2 Å². The minimum absolute atomic E-state index is 0.0353. The Kier molecular flexibility index (Phi) is 2.69. The lowest BCUT2D eigenvalue weighted by molar-refractivity contribution is -0.164. The van der Waals surface area contributed by atoms with Crippen molar-refractivity contribution in [3.05, 3.63) is 12.3 Å². The zero-order valence-corrected chi connectivity index (χ0v) is 6.42. The lowest BCUT2D eigenvalue weighted by Gasteiger charge is -2.35. The summed E-state index contributed by atoms with van der Waals surface area (Å²) in [5, 5.41) is 36.1. The Morgan fingerprint density at radius 2 is 1.83 bits per heavy atom. The van der Waals surface area contributed by atoms with Gasteiger partial charge in [-0.3, -0.25) is 0 Å². The molecule has 5 heteroatoms. The molecule has 0 aromatic carbocycles. The normalized spacial score (nSPS) is 42.5. The maximum atomic E-state index is 9.19. The molecule has 0 saturated carbocycles. The van der Waals surface area contributed by atoms with Crippen LogP contribution in [-0.2, 0) is 4.74 Å². The van der Waals surface area contributed by atoms with Gasteiger partial charge in [-0.1, -0.05) is 6.58 Å². The Morgan fingerprint density at radius 3 is 2.33 bits per heavy atom. The van der Waals surface area contributed by atoms with Gasteiger partial charge in [0.1, 0.15) is 30.2 Å². The third-order valence-electron chi connectivity index (χ3n) is 1.87. The third-order valence-corrected chi connectivity index (χ3v) is 1.87. The van der Waals surface area contributed by atoms with E-state index >= 15 is 0 Å². The van der Waals surface area contributed by atoms with Crippen LogP contribution in [0.5, 0.6) is 0 Å². The topological polar surface area (TPSA) is 90.2 Å². The minimum atomic E-state index is -1.34. The first kappa shape index (κ1) is 9.47. The molecule has 0 aromatic heterocycles. The molecule has 0 amide bonds. The van der Waals surface area contributed by atoms with Gasteiger partial charge in [0.25, 0.3) is 0 Å². The molecule has 12 heavy (non-hydrogen) atoms. The van der Waals surface area contributed by atoms with E-state index in [-0.39, 0.29) is 5.76 Å². The lowest BCUT2D eigenvalue weighted by Crippen LogP contribution is -2.52. The van der Waals surface area contributed by atoms with Gasteiger partial charge < -0.3 is 25.2 Å². The molecular weight excluding hydrogens is 164 g/mol. The van der Waals surface area contributed by atoms with Gasteiger partial charge in [0.2, 0.25) is 0 Å². The second-order valence-corrected chi connectivity index (χ2v) is 2.73. The summed E-state index contributed by atoms with van der Waals surface area (Å²) in [5.41, 5.74) is 0. The second-order valence-electron chi connectivity index (χ2n) is 2.73. The summed E-state index contributed by atoms with van der Waals surface area (Å²) in [6.45, 7) is 2.90. The van der Waals surface area contributed by atoms with Crippen molar-refractivity contribution >= 4 is 0 Å². The highest BCUT2D eigenvalue weighted by Gasteiger charge is 2.39. The van der Waals surface area contributed by atoms with E-state index < -0.39 is 31.0 Å². The first-order chi connectivity index (χ1) is 5.57. The number of ether oxygens (including phenoxy) is 1. The molecule has 0 unspecified atom stereocenters. The van der Waals surface area contributed by atoms with Crippen LogP contribution < -0.4 is 0 Å². The zero-order chi connectivity index (χ0) is 9.30. The maximum Gasteiger partial charge on any atom is 0.150 e. The van der Waals surface area contributed by atoms with Crippen LogP contribution in [0.4, 0.5) is 0 Å². The monoisotopic (exact) mass is 176 g/mol. The van der Waals surface area contributed by atoms with E-state index in [1.54, 1.807) is 0 Å². The molecule has 0 spiro atoms. The molecule has 70 valence electrons. The van der Waals surface area contributed by atoms with E-state index in [0.717, 1.165) is 0 Å². The van der Waals surface area contributed by atoms with Crippen molar-refractivity contribution in [3.63, 3.8) is 0 Å². The van der Waals surface area contributed by atoms with Crippen molar-refractivity contribution in [1.29, 1.82) is 0 Å². The zero-order valence-electron chi connectivity index (χ0n) is 6.42. The van der Waals surface area contributed by atoms with Gasteiger partial charge in [0, 0.05) is 0 Å². The van der Waals surface area contributed by atoms with Crippen molar-refractivity contribution in [1.82, 2.24) is 0 Å². The Balaban J connectivity index is 2.70. The van der Waals surface area contributed by atoms with Crippen LogP contribution in [0, 0.1) is 0 Å². The fourth-order valence-electron chi connectivity index (χ4n) is 1.08. The summed E-state index contributed by atoms with van der Waals surface area (Å²) in [6, 6.07) is 0. The molecule has 0 radical (unpaired) electrons. The summed E-state index contributed by atoms with van der Waals surface area (Å²) in [6.07, 6.45) is -4.82. The number of hydrogen-bond acceptors (Lipinski definition) is 5. The summed E-state index contributed by atoms with van der Waals surface area (Å²) in [7, 11) is 0. The van der Waals surface area contributed by atoms with Crippen molar-refractivity contribution in [3.8, 4) is 0 Å². The molecule has 4 atom stereocenters. The minimum Gasteiger partial charge on any atom is -0.487 e. The second kappa shape index (κ2) is 3.40. The smallest absolute Gasteiger partial charge is 0.150 e. The number of aliphatic hydroxyl groups excluding tert-OH is 4. The van der Waals surface area contributed by atoms with Crippen LogP contribution in [0.25, 0.3) is 0 Å². The highest BCUT2D eigenvalue weighted by Crippen LogP contribution is 2.21. The fourth-order valence-corrected chi connectivity index (χ4v) is 1.08. The Bertz CT molecular complexity index is 179. The third kappa shape index (κ3) is 1.44. The highest BCUT2D eigenvalue weighted by atomic mass is 16.5. The molecule has 1 saturated heterocycles. The Hall–Kier alpha value is -0.620. The van der Waals surface area contributed by atoms with Gasteiger partial charge in [-0.25, -0.2) is 0 Å². The van der Waals surface area contributed by atoms with Gasteiger partial charge in [-0.05, 0) is 0 Å². The van der Waals surface area contributed by atoms with Crippen molar-refractivity contribution in [2.45, 2.75) is 24.4 Å². The van der Waals surface area contributed by atoms with Gasteiger partial charge in [0.15, 0.2) is 0 Å². The summed E-state index contributed by atoms with van der Waals surface area (Å²) in [4.78, 5) is 0. The summed E-state index contributed by atoms with van der Waals surface area (Å²) < 4.78 is 4.83. The number of rotatable bonds is 1. The van der Waals surface area contributed by atoms with E-state index in [2.05, 4.69) is 6.58 Å². The van der Waals surface area contributed by atoms with E-state index in [1.165, 1.54) is 0 Å². The molecule has 0 aliphatic carbocycles. The maximum absolute atomic E-state index is 9.19. The molecule has 0 bridgehead atoms. The summed E-state index contributed by atoms with van der Waals surface area (Å²) in [5.74, 6) is -0.0353. The number of hydrogen-bond donors (Lipinski definition) is 4.